The largest absolute Gasteiger partial charge is 0.394 e. The maximum atomic E-state index is 13.1. The minimum absolute atomic E-state index is 0.194. The number of aliphatic hydroxyl groups is 5. The molecule has 7 atom stereocenters. The third kappa shape index (κ3) is 44.2. The molecular weight excluding hydrogens is 947 g/mol. The van der Waals surface area contributed by atoms with Crippen molar-refractivity contribution >= 4 is 5.91 Å². The van der Waals surface area contributed by atoms with Crippen molar-refractivity contribution < 1.29 is 39.8 Å². The predicted molar refractivity (Wildman–Crippen MR) is 322 cm³/mol. The molecule has 1 rings (SSSR count). The van der Waals surface area contributed by atoms with Gasteiger partial charge in [0.25, 0.3) is 0 Å². The van der Waals surface area contributed by atoms with Gasteiger partial charge in [0.05, 0.1) is 25.4 Å². The van der Waals surface area contributed by atoms with Crippen LogP contribution < -0.4 is 5.32 Å². The van der Waals surface area contributed by atoms with E-state index in [0.717, 1.165) is 70.6 Å². The Bertz CT molecular complexity index is 1470. The van der Waals surface area contributed by atoms with Crippen LogP contribution in [0.4, 0.5) is 0 Å². The minimum Gasteiger partial charge on any atom is -0.394 e. The molecule has 0 radical (unpaired) electrons. The van der Waals surface area contributed by atoms with Crippen molar-refractivity contribution in [2.75, 3.05) is 13.2 Å². The topological polar surface area (TPSA) is 149 Å². The van der Waals surface area contributed by atoms with E-state index in [0.29, 0.717) is 6.42 Å². The number of carbonyl (C=O) groups excluding carboxylic acids is 1. The number of ether oxygens (including phenoxy) is 2. The van der Waals surface area contributed by atoms with E-state index in [4.69, 9.17) is 9.47 Å². The molecule has 0 aromatic carbocycles. The van der Waals surface area contributed by atoms with Crippen LogP contribution in [0.1, 0.15) is 277 Å². The summed E-state index contributed by atoms with van der Waals surface area (Å²) < 4.78 is 11.3. The fourth-order valence-electron chi connectivity index (χ4n) is 9.71. The lowest BCUT2D eigenvalue weighted by atomic mass is 9.99. The Balaban J connectivity index is 2.22. The van der Waals surface area contributed by atoms with Crippen LogP contribution in [0.5, 0.6) is 0 Å². The van der Waals surface area contributed by atoms with Crippen molar-refractivity contribution in [1.82, 2.24) is 5.32 Å². The highest BCUT2D eigenvalue weighted by Crippen LogP contribution is 2.23. The molecule has 0 aromatic heterocycles. The number of unbranched alkanes of at least 4 members (excludes halogenated alkanes) is 32. The van der Waals surface area contributed by atoms with Gasteiger partial charge in [-0.05, 0) is 83.5 Å². The molecule has 7 unspecified atom stereocenters. The van der Waals surface area contributed by atoms with E-state index < -0.39 is 49.5 Å². The molecule has 1 aliphatic heterocycles. The van der Waals surface area contributed by atoms with E-state index in [2.05, 4.69) is 92.1 Å². The first kappa shape index (κ1) is 71.4. The zero-order valence-electron chi connectivity index (χ0n) is 49.0. The molecule has 1 amide bonds. The summed E-state index contributed by atoms with van der Waals surface area (Å²) in [6.45, 7) is 3.67. The van der Waals surface area contributed by atoms with Gasteiger partial charge in [-0.1, -0.05) is 272 Å². The highest BCUT2D eigenvalue weighted by atomic mass is 16.7. The average molecular weight is 1070 g/mol. The number of amides is 1. The number of carbonyl (C=O) groups is 1. The fourth-order valence-corrected chi connectivity index (χ4v) is 9.71. The zero-order valence-corrected chi connectivity index (χ0v) is 49.0. The molecule has 440 valence electrons. The second-order valence-corrected chi connectivity index (χ2v) is 21.8. The van der Waals surface area contributed by atoms with Crippen molar-refractivity contribution in [3.63, 3.8) is 0 Å². The van der Waals surface area contributed by atoms with Gasteiger partial charge < -0.3 is 40.3 Å². The molecule has 1 aliphatic rings. The fraction of sp³-hybridized carbons (Fsp3) is 0.776. The summed E-state index contributed by atoms with van der Waals surface area (Å²) in [5, 5.41) is 54.6. The van der Waals surface area contributed by atoms with Gasteiger partial charge in [-0.2, -0.15) is 0 Å². The first-order valence-corrected chi connectivity index (χ1v) is 31.8. The highest BCUT2D eigenvalue weighted by molar-refractivity contribution is 5.76. The molecule has 0 aliphatic carbocycles. The molecule has 76 heavy (non-hydrogen) atoms. The Labute approximate surface area is 467 Å². The Kier molecular flexibility index (Phi) is 52.3. The van der Waals surface area contributed by atoms with E-state index >= 15 is 0 Å². The van der Waals surface area contributed by atoms with E-state index in [1.807, 2.05) is 6.08 Å². The number of hydrogen-bond donors (Lipinski definition) is 6. The standard InChI is InChI=1S/C67H119NO8/c1-3-5-7-9-11-13-15-17-19-21-23-25-27-29-30-31-33-34-36-38-40-42-44-46-48-50-52-54-56-61(70)60(59-75-67-66(74)65(73)64(72)62(58-69)76-67)68-63(71)57-55-53-51-49-47-45-43-41-39-37-35-32-28-26-24-22-20-18-16-14-12-10-8-6-4-2/h6,8,12,14,18,20,24,26,38,40,46,48,54,56,60-62,64-67,69-70,72-74H,3-5,7,9-11,13,15-17,19,21-23,25,27-37,39,41-45,47,49-53,55,57-59H2,1-2H3,(H,68,71)/b8-6-,14-12-,20-18-,26-24-,40-38+,48-46+,56-54+. The lowest BCUT2D eigenvalue weighted by molar-refractivity contribution is -0.302. The Hall–Kier alpha value is -2.63. The maximum Gasteiger partial charge on any atom is 0.220 e. The molecule has 0 bridgehead atoms. The molecule has 6 N–H and O–H groups in total. The van der Waals surface area contributed by atoms with Gasteiger partial charge in [-0.25, -0.2) is 0 Å². The van der Waals surface area contributed by atoms with Crippen LogP contribution in [-0.4, -0.2) is 87.5 Å². The Morgan fingerprint density at radius 3 is 1.26 bits per heavy atom. The molecule has 1 saturated heterocycles. The van der Waals surface area contributed by atoms with Crippen LogP contribution >= 0.6 is 0 Å². The third-order valence-electron chi connectivity index (χ3n) is 14.7. The number of aliphatic hydroxyl groups excluding tert-OH is 5. The van der Waals surface area contributed by atoms with Gasteiger partial charge in [0.1, 0.15) is 24.4 Å². The molecule has 0 spiro atoms. The smallest absolute Gasteiger partial charge is 0.220 e. The SMILES string of the molecule is CC/C=C\C/C=C\C/C=C\C/C=C\CCCCCCCCCCCCCCC(=O)NC(COC1OC(CO)C(O)C(O)C1O)C(O)/C=C/CC/C=C/CC/C=C/CCCCCCCCCCCCCCCCCCCC. The molecule has 0 aromatic rings. The second-order valence-electron chi connectivity index (χ2n) is 21.8. The van der Waals surface area contributed by atoms with Crippen molar-refractivity contribution in [3.05, 3.63) is 85.1 Å². The second kappa shape index (κ2) is 55.7. The van der Waals surface area contributed by atoms with Crippen molar-refractivity contribution in [2.45, 2.75) is 320 Å². The van der Waals surface area contributed by atoms with E-state index in [1.54, 1.807) is 6.08 Å². The van der Waals surface area contributed by atoms with E-state index in [1.165, 1.54) is 186 Å². The monoisotopic (exact) mass is 1070 g/mol. The highest BCUT2D eigenvalue weighted by Gasteiger charge is 2.44. The minimum atomic E-state index is -1.58. The Morgan fingerprint density at radius 2 is 0.829 bits per heavy atom. The number of rotatable bonds is 54. The molecule has 1 heterocycles. The maximum absolute atomic E-state index is 13.1. The van der Waals surface area contributed by atoms with Gasteiger partial charge in [0, 0.05) is 6.42 Å². The van der Waals surface area contributed by atoms with E-state index in [9.17, 15) is 30.3 Å². The summed E-state index contributed by atoms with van der Waals surface area (Å²) in [7, 11) is 0. The summed E-state index contributed by atoms with van der Waals surface area (Å²) >= 11 is 0. The van der Waals surface area contributed by atoms with Crippen LogP contribution in [-0.2, 0) is 14.3 Å². The average Bonchev–Trinajstić information content (AvgIpc) is 3.42. The van der Waals surface area contributed by atoms with Gasteiger partial charge in [0.2, 0.25) is 5.91 Å². The van der Waals surface area contributed by atoms with Gasteiger partial charge in [0.15, 0.2) is 6.29 Å². The van der Waals surface area contributed by atoms with Crippen LogP contribution in [0, 0.1) is 0 Å². The van der Waals surface area contributed by atoms with E-state index in [-0.39, 0.29) is 12.5 Å². The van der Waals surface area contributed by atoms with Gasteiger partial charge in [-0.15, -0.1) is 0 Å². The number of nitrogens with one attached hydrogen (secondary N) is 1. The van der Waals surface area contributed by atoms with Crippen molar-refractivity contribution in [2.24, 2.45) is 0 Å². The summed E-state index contributed by atoms with van der Waals surface area (Å²) in [5.74, 6) is -0.194. The van der Waals surface area contributed by atoms with Crippen LogP contribution in [0.15, 0.2) is 85.1 Å². The lowest BCUT2D eigenvalue weighted by Crippen LogP contribution is -2.60. The lowest BCUT2D eigenvalue weighted by Gasteiger charge is -2.40. The van der Waals surface area contributed by atoms with Crippen molar-refractivity contribution in [1.29, 1.82) is 0 Å². The summed E-state index contributed by atoms with van der Waals surface area (Å²) in [6.07, 6.45) is 72.4. The van der Waals surface area contributed by atoms with Crippen molar-refractivity contribution in [3.8, 4) is 0 Å². The zero-order chi connectivity index (χ0) is 55.0. The number of hydrogen-bond acceptors (Lipinski definition) is 8. The Morgan fingerprint density at radius 1 is 0.461 bits per heavy atom. The number of allylic oxidation sites excluding steroid dienone is 13. The first-order valence-electron chi connectivity index (χ1n) is 31.8. The van der Waals surface area contributed by atoms with Crippen LogP contribution in [0.2, 0.25) is 0 Å². The van der Waals surface area contributed by atoms with Crippen LogP contribution in [0.25, 0.3) is 0 Å². The third-order valence-corrected chi connectivity index (χ3v) is 14.7. The van der Waals surface area contributed by atoms with Gasteiger partial charge in [-0.3, -0.25) is 4.79 Å². The summed E-state index contributed by atoms with van der Waals surface area (Å²) in [6, 6.07) is -0.835. The van der Waals surface area contributed by atoms with Crippen LogP contribution in [0.3, 0.4) is 0 Å². The van der Waals surface area contributed by atoms with Gasteiger partial charge >= 0.3 is 0 Å². The molecule has 1 fully saturated rings. The first-order chi connectivity index (χ1) is 37.3. The summed E-state index contributed by atoms with van der Waals surface area (Å²) in [5.41, 5.74) is 0. The molecule has 0 saturated carbocycles. The summed E-state index contributed by atoms with van der Waals surface area (Å²) in [4.78, 5) is 13.1. The quantitative estimate of drug-likeness (QED) is 0.0261. The predicted octanol–water partition coefficient (Wildman–Crippen LogP) is 16.6. The molecule has 9 nitrogen and oxygen atoms in total. The molecular formula is C67H119NO8. The normalized spacial score (nSPS) is 19.4. The molecule has 9 heteroatoms.